The lowest BCUT2D eigenvalue weighted by Gasteiger charge is -2.31. The Labute approximate surface area is 123 Å². The van der Waals surface area contributed by atoms with E-state index < -0.39 is 0 Å². The molecule has 0 radical (unpaired) electrons. The van der Waals surface area contributed by atoms with Crippen molar-refractivity contribution in [1.29, 1.82) is 0 Å². The summed E-state index contributed by atoms with van der Waals surface area (Å²) in [6.07, 6.45) is 3.21. The Bertz CT molecular complexity index is 674. The molecule has 1 spiro atoms. The van der Waals surface area contributed by atoms with Crippen molar-refractivity contribution in [3.8, 4) is 11.1 Å². The fourth-order valence-electron chi connectivity index (χ4n) is 3.44. The topological polar surface area (TPSA) is 21.6 Å². The molecule has 0 saturated carbocycles. The molecular weight excluding hydrogens is 266 g/mol. The Hall–Kier alpha value is -1.61. The molecule has 4 rings (SSSR count). The molecule has 20 heavy (non-hydrogen) atoms. The SMILES string of the molecule is CC1=N[C@@]2(CCc3c(cccc3-c3ccsc3)C2)CO1. The van der Waals surface area contributed by atoms with E-state index in [-0.39, 0.29) is 5.54 Å². The van der Waals surface area contributed by atoms with Crippen molar-refractivity contribution in [2.24, 2.45) is 4.99 Å². The van der Waals surface area contributed by atoms with Crippen LogP contribution >= 0.6 is 11.3 Å². The lowest BCUT2D eigenvalue weighted by Crippen LogP contribution is -2.35. The number of ether oxygens (including phenoxy) is 1. The van der Waals surface area contributed by atoms with Gasteiger partial charge in [0.05, 0.1) is 0 Å². The molecule has 2 nitrogen and oxygen atoms in total. The van der Waals surface area contributed by atoms with E-state index in [1.165, 1.54) is 22.3 Å². The molecule has 1 atom stereocenters. The van der Waals surface area contributed by atoms with Gasteiger partial charge in [-0.2, -0.15) is 11.3 Å². The van der Waals surface area contributed by atoms with Gasteiger partial charge in [-0.3, -0.25) is 0 Å². The number of rotatable bonds is 1. The number of benzene rings is 1. The molecule has 102 valence electrons. The summed E-state index contributed by atoms with van der Waals surface area (Å²) in [4.78, 5) is 4.77. The fraction of sp³-hybridized carbons (Fsp3) is 0.353. The Kier molecular flexibility index (Phi) is 2.71. The molecule has 1 aromatic carbocycles. The lowest BCUT2D eigenvalue weighted by atomic mass is 9.77. The molecule has 2 aromatic rings. The lowest BCUT2D eigenvalue weighted by molar-refractivity contribution is 0.236. The standard InChI is InChI=1S/C17H17NOS/c1-12-18-17(11-19-12)7-5-16-13(9-17)3-2-4-15(16)14-6-8-20-10-14/h2-4,6,8,10H,5,7,9,11H2,1H3/t17-/m1/s1. The van der Waals surface area contributed by atoms with Crippen molar-refractivity contribution in [3.63, 3.8) is 0 Å². The van der Waals surface area contributed by atoms with E-state index in [1.807, 2.05) is 6.92 Å². The first-order valence-electron chi connectivity index (χ1n) is 7.08. The molecular formula is C17H17NOS. The van der Waals surface area contributed by atoms with E-state index in [0.29, 0.717) is 0 Å². The maximum Gasteiger partial charge on any atom is 0.180 e. The molecule has 0 saturated heterocycles. The summed E-state index contributed by atoms with van der Waals surface area (Å²) in [5.74, 6) is 0.849. The molecule has 0 fully saturated rings. The van der Waals surface area contributed by atoms with E-state index in [9.17, 15) is 0 Å². The van der Waals surface area contributed by atoms with Crippen molar-refractivity contribution in [3.05, 3.63) is 46.2 Å². The van der Waals surface area contributed by atoms with Crippen molar-refractivity contribution < 1.29 is 4.74 Å². The predicted molar refractivity (Wildman–Crippen MR) is 83.6 cm³/mol. The predicted octanol–water partition coefficient (Wildman–Crippen LogP) is 4.09. The van der Waals surface area contributed by atoms with E-state index in [0.717, 1.165) is 31.8 Å². The number of fused-ring (bicyclic) bond motifs is 1. The first kappa shape index (κ1) is 12.2. The van der Waals surface area contributed by atoms with Gasteiger partial charge in [0, 0.05) is 13.3 Å². The van der Waals surface area contributed by atoms with Gasteiger partial charge in [-0.25, -0.2) is 4.99 Å². The van der Waals surface area contributed by atoms with Gasteiger partial charge in [-0.1, -0.05) is 18.2 Å². The van der Waals surface area contributed by atoms with Crippen LogP contribution in [0.2, 0.25) is 0 Å². The van der Waals surface area contributed by atoms with Crippen LogP contribution in [0.4, 0.5) is 0 Å². The number of hydrogen-bond donors (Lipinski definition) is 0. The van der Waals surface area contributed by atoms with Gasteiger partial charge >= 0.3 is 0 Å². The number of nitrogens with zero attached hydrogens (tertiary/aromatic N) is 1. The maximum absolute atomic E-state index is 5.62. The Morgan fingerprint density at radius 2 is 2.25 bits per heavy atom. The summed E-state index contributed by atoms with van der Waals surface area (Å²) in [5.41, 5.74) is 5.71. The minimum Gasteiger partial charge on any atom is -0.479 e. The minimum atomic E-state index is 0.00432. The third kappa shape index (κ3) is 1.88. The van der Waals surface area contributed by atoms with E-state index >= 15 is 0 Å². The van der Waals surface area contributed by atoms with Crippen molar-refractivity contribution >= 4 is 17.2 Å². The summed E-state index contributed by atoms with van der Waals surface area (Å²) in [5, 5.41) is 4.39. The second kappa shape index (κ2) is 4.45. The Morgan fingerprint density at radius 1 is 1.30 bits per heavy atom. The first-order valence-corrected chi connectivity index (χ1v) is 8.03. The second-order valence-corrected chi connectivity index (χ2v) is 6.56. The maximum atomic E-state index is 5.62. The van der Waals surface area contributed by atoms with Crippen LogP contribution in [-0.4, -0.2) is 18.0 Å². The summed E-state index contributed by atoms with van der Waals surface area (Å²) in [6.45, 7) is 2.72. The molecule has 3 heteroatoms. The fourth-order valence-corrected chi connectivity index (χ4v) is 4.10. The molecule has 2 aliphatic rings. The molecule has 0 amide bonds. The Morgan fingerprint density at radius 3 is 3.00 bits per heavy atom. The highest BCUT2D eigenvalue weighted by Gasteiger charge is 2.39. The minimum absolute atomic E-state index is 0.00432. The average molecular weight is 283 g/mol. The summed E-state index contributed by atoms with van der Waals surface area (Å²) < 4.78 is 5.62. The molecule has 1 aromatic heterocycles. The zero-order valence-electron chi connectivity index (χ0n) is 11.6. The first-order chi connectivity index (χ1) is 9.76. The third-order valence-corrected chi connectivity index (χ3v) is 5.09. The second-order valence-electron chi connectivity index (χ2n) is 5.78. The molecule has 0 N–H and O–H groups in total. The van der Waals surface area contributed by atoms with Crippen LogP contribution in [0.5, 0.6) is 0 Å². The molecule has 0 unspecified atom stereocenters. The van der Waals surface area contributed by atoms with E-state index in [1.54, 1.807) is 11.3 Å². The van der Waals surface area contributed by atoms with Crippen LogP contribution in [0.25, 0.3) is 11.1 Å². The van der Waals surface area contributed by atoms with Gasteiger partial charge in [0.2, 0.25) is 0 Å². The highest BCUT2D eigenvalue weighted by Crippen LogP contribution is 2.39. The van der Waals surface area contributed by atoms with Gasteiger partial charge in [0.25, 0.3) is 0 Å². The zero-order chi connectivity index (χ0) is 13.6. The van der Waals surface area contributed by atoms with Crippen LogP contribution in [0, 0.1) is 0 Å². The molecule has 1 aliphatic carbocycles. The number of hydrogen-bond acceptors (Lipinski definition) is 3. The summed E-state index contributed by atoms with van der Waals surface area (Å²) in [7, 11) is 0. The Balaban J connectivity index is 1.76. The zero-order valence-corrected chi connectivity index (χ0v) is 12.4. The van der Waals surface area contributed by atoms with E-state index in [2.05, 4.69) is 35.0 Å². The quantitative estimate of drug-likeness (QED) is 0.772. The largest absolute Gasteiger partial charge is 0.479 e. The van der Waals surface area contributed by atoms with Crippen LogP contribution in [0.3, 0.4) is 0 Å². The van der Waals surface area contributed by atoms with Gasteiger partial charge in [0.15, 0.2) is 5.90 Å². The molecule has 2 heterocycles. The summed E-state index contributed by atoms with van der Waals surface area (Å²) in [6, 6.07) is 8.90. The van der Waals surface area contributed by atoms with Crippen molar-refractivity contribution in [1.82, 2.24) is 0 Å². The van der Waals surface area contributed by atoms with Crippen molar-refractivity contribution in [2.45, 2.75) is 31.7 Å². The summed E-state index contributed by atoms with van der Waals surface area (Å²) >= 11 is 1.76. The van der Waals surface area contributed by atoms with E-state index in [4.69, 9.17) is 9.73 Å². The number of thiophene rings is 1. The van der Waals surface area contributed by atoms with Crippen LogP contribution in [-0.2, 0) is 17.6 Å². The van der Waals surface area contributed by atoms with Gasteiger partial charge < -0.3 is 4.74 Å². The smallest absolute Gasteiger partial charge is 0.180 e. The average Bonchev–Trinajstić information content (AvgIpc) is 3.09. The normalized spacial score (nSPS) is 24.4. The van der Waals surface area contributed by atoms with Crippen molar-refractivity contribution in [2.75, 3.05) is 6.61 Å². The molecule has 1 aliphatic heterocycles. The molecule has 0 bridgehead atoms. The third-order valence-electron chi connectivity index (χ3n) is 4.41. The van der Waals surface area contributed by atoms with Gasteiger partial charge in [-0.05, 0) is 51.9 Å². The van der Waals surface area contributed by atoms with Crippen LogP contribution in [0.1, 0.15) is 24.5 Å². The van der Waals surface area contributed by atoms with Gasteiger partial charge in [0.1, 0.15) is 12.1 Å². The van der Waals surface area contributed by atoms with Crippen LogP contribution < -0.4 is 0 Å². The highest BCUT2D eigenvalue weighted by molar-refractivity contribution is 7.08. The van der Waals surface area contributed by atoms with Crippen LogP contribution in [0.15, 0.2) is 40.0 Å². The van der Waals surface area contributed by atoms with Gasteiger partial charge in [-0.15, -0.1) is 0 Å². The monoisotopic (exact) mass is 283 g/mol. The highest BCUT2D eigenvalue weighted by atomic mass is 32.1. The number of aliphatic imine (C=N–C) groups is 1.